The van der Waals surface area contributed by atoms with E-state index in [0.29, 0.717) is 0 Å². The Morgan fingerprint density at radius 1 is 1.42 bits per heavy atom. The summed E-state index contributed by atoms with van der Waals surface area (Å²) in [5.41, 5.74) is 0. The lowest BCUT2D eigenvalue weighted by molar-refractivity contribution is -0.0475. The normalized spacial score (nSPS) is 18.3. The minimum Gasteiger partial charge on any atom is -0.350 e. The summed E-state index contributed by atoms with van der Waals surface area (Å²) in [5.74, 6) is 0. The highest BCUT2D eigenvalue weighted by atomic mass is 16.7. The predicted octanol–water partition coefficient (Wildman–Crippen LogP) is 0.915. The summed E-state index contributed by atoms with van der Waals surface area (Å²) in [6, 6.07) is 0. The standard InChI is InChI=1S/C9H17NO2/c1-2-5-10-6-3-4-9-11-7-8-12-9/h2,9-10H,1,3-8H2. The molecule has 0 aromatic heterocycles. The van der Waals surface area contributed by atoms with Crippen molar-refractivity contribution in [2.75, 3.05) is 26.3 Å². The molecular weight excluding hydrogens is 154 g/mol. The lowest BCUT2D eigenvalue weighted by Crippen LogP contribution is -2.17. The van der Waals surface area contributed by atoms with E-state index in [1.165, 1.54) is 0 Å². The first-order valence-electron chi connectivity index (χ1n) is 4.48. The fourth-order valence-corrected chi connectivity index (χ4v) is 1.17. The topological polar surface area (TPSA) is 30.5 Å². The van der Waals surface area contributed by atoms with Crippen molar-refractivity contribution in [3.8, 4) is 0 Å². The maximum absolute atomic E-state index is 5.29. The summed E-state index contributed by atoms with van der Waals surface area (Å²) in [4.78, 5) is 0. The fraction of sp³-hybridized carbons (Fsp3) is 0.778. The largest absolute Gasteiger partial charge is 0.350 e. The number of nitrogens with one attached hydrogen (secondary N) is 1. The van der Waals surface area contributed by atoms with E-state index in [4.69, 9.17) is 9.47 Å². The van der Waals surface area contributed by atoms with Gasteiger partial charge < -0.3 is 14.8 Å². The molecule has 1 aliphatic rings. The van der Waals surface area contributed by atoms with Crippen LogP contribution in [0, 0.1) is 0 Å². The van der Waals surface area contributed by atoms with Gasteiger partial charge in [0.15, 0.2) is 6.29 Å². The first-order valence-corrected chi connectivity index (χ1v) is 4.48. The van der Waals surface area contributed by atoms with Crippen molar-refractivity contribution in [3.63, 3.8) is 0 Å². The molecule has 1 heterocycles. The number of hydrogen-bond acceptors (Lipinski definition) is 3. The van der Waals surface area contributed by atoms with Gasteiger partial charge in [-0.3, -0.25) is 0 Å². The molecule has 0 unspecified atom stereocenters. The van der Waals surface area contributed by atoms with Gasteiger partial charge in [0.1, 0.15) is 0 Å². The Bertz CT molecular complexity index is 122. The second-order valence-corrected chi connectivity index (χ2v) is 2.81. The minimum absolute atomic E-state index is 0.0514. The lowest BCUT2D eigenvalue weighted by atomic mass is 10.3. The summed E-state index contributed by atoms with van der Waals surface area (Å²) in [6.07, 6.45) is 4.00. The zero-order valence-electron chi connectivity index (χ0n) is 7.42. The van der Waals surface area contributed by atoms with E-state index in [2.05, 4.69) is 11.9 Å². The molecule has 0 saturated carbocycles. The van der Waals surface area contributed by atoms with Crippen LogP contribution in [0.5, 0.6) is 0 Å². The maximum atomic E-state index is 5.29. The van der Waals surface area contributed by atoms with Gasteiger partial charge in [-0.1, -0.05) is 6.08 Å². The van der Waals surface area contributed by atoms with Crippen LogP contribution in [0.25, 0.3) is 0 Å². The molecular formula is C9H17NO2. The van der Waals surface area contributed by atoms with Gasteiger partial charge in [-0.05, 0) is 19.4 Å². The molecule has 0 aromatic rings. The van der Waals surface area contributed by atoms with Crippen LogP contribution in [0.15, 0.2) is 12.7 Å². The van der Waals surface area contributed by atoms with Crippen molar-refractivity contribution in [3.05, 3.63) is 12.7 Å². The quantitative estimate of drug-likeness (QED) is 0.476. The second-order valence-electron chi connectivity index (χ2n) is 2.81. The highest BCUT2D eigenvalue weighted by Crippen LogP contribution is 2.08. The SMILES string of the molecule is C=CCNCCCC1OCCO1. The third-order valence-corrected chi connectivity index (χ3v) is 1.77. The summed E-state index contributed by atoms with van der Waals surface area (Å²) < 4.78 is 10.6. The van der Waals surface area contributed by atoms with Crippen LogP contribution in [0.1, 0.15) is 12.8 Å². The van der Waals surface area contributed by atoms with Crippen LogP contribution in [0.3, 0.4) is 0 Å². The van der Waals surface area contributed by atoms with Crippen molar-refractivity contribution in [2.24, 2.45) is 0 Å². The molecule has 0 spiro atoms. The molecule has 12 heavy (non-hydrogen) atoms. The van der Waals surface area contributed by atoms with Gasteiger partial charge in [-0.15, -0.1) is 6.58 Å². The third kappa shape index (κ3) is 3.85. The Balaban J connectivity index is 1.84. The number of hydrogen-bond donors (Lipinski definition) is 1. The van der Waals surface area contributed by atoms with Crippen LogP contribution in [-0.4, -0.2) is 32.6 Å². The molecule has 0 bridgehead atoms. The summed E-state index contributed by atoms with van der Waals surface area (Å²) in [7, 11) is 0. The average Bonchev–Trinajstić information content (AvgIpc) is 2.57. The molecule has 0 radical (unpaired) electrons. The zero-order chi connectivity index (χ0) is 8.65. The van der Waals surface area contributed by atoms with Crippen molar-refractivity contribution in [1.82, 2.24) is 5.32 Å². The monoisotopic (exact) mass is 171 g/mol. The molecule has 0 atom stereocenters. The smallest absolute Gasteiger partial charge is 0.157 e. The second kappa shape index (κ2) is 6.17. The van der Waals surface area contributed by atoms with E-state index < -0.39 is 0 Å². The summed E-state index contributed by atoms with van der Waals surface area (Å²) >= 11 is 0. The van der Waals surface area contributed by atoms with Gasteiger partial charge in [0, 0.05) is 6.54 Å². The molecule has 0 aromatic carbocycles. The zero-order valence-corrected chi connectivity index (χ0v) is 7.42. The lowest BCUT2D eigenvalue weighted by Gasteiger charge is -2.08. The number of rotatable bonds is 6. The van der Waals surface area contributed by atoms with Crippen LogP contribution < -0.4 is 5.32 Å². The predicted molar refractivity (Wildman–Crippen MR) is 48.0 cm³/mol. The van der Waals surface area contributed by atoms with Crippen molar-refractivity contribution in [2.45, 2.75) is 19.1 Å². The maximum Gasteiger partial charge on any atom is 0.157 e. The molecule has 1 fully saturated rings. The molecule has 3 nitrogen and oxygen atoms in total. The molecule has 0 amide bonds. The first kappa shape index (κ1) is 9.71. The van der Waals surface area contributed by atoms with E-state index >= 15 is 0 Å². The Morgan fingerprint density at radius 2 is 2.17 bits per heavy atom. The van der Waals surface area contributed by atoms with E-state index in [0.717, 1.165) is 39.1 Å². The third-order valence-electron chi connectivity index (χ3n) is 1.77. The van der Waals surface area contributed by atoms with Crippen molar-refractivity contribution < 1.29 is 9.47 Å². The van der Waals surface area contributed by atoms with E-state index in [1.54, 1.807) is 0 Å². The van der Waals surface area contributed by atoms with Gasteiger partial charge in [-0.2, -0.15) is 0 Å². The van der Waals surface area contributed by atoms with Gasteiger partial charge in [0.2, 0.25) is 0 Å². The van der Waals surface area contributed by atoms with Crippen molar-refractivity contribution >= 4 is 0 Å². The average molecular weight is 171 g/mol. The van der Waals surface area contributed by atoms with Gasteiger partial charge in [0.25, 0.3) is 0 Å². The molecule has 1 N–H and O–H groups in total. The minimum atomic E-state index is 0.0514. The Labute approximate surface area is 73.7 Å². The Morgan fingerprint density at radius 3 is 2.83 bits per heavy atom. The van der Waals surface area contributed by atoms with E-state index in [-0.39, 0.29) is 6.29 Å². The summed E-state index contributed by atoms with van der Waals surface area (Å²) in [5, 5.41) is 3.23. The number of ether oxygens (including phenoxy) is 2. The molecule has 1 saturated heterocycles. The molecule has 0 aliphatic carbocycles. The van der Waals surface area contributed by atoms with Crippen LogP contribution in [0.2, 0.25) is 0 Å². The molecule has 1 rings (SSSR count). The summed E-state index contributed by atoms with van der Waals surface area (Å²) in [6.45, 7) is 7.02. The molecule has 1 aliphatic heterocycles. The molecule has 3 heteroatoms. The van der Waals surface area contributed by atoms with Crippen LogP contribution in [-0.2, 0) is 9.47 Å². The first-order chi connectivity index (χ1) is 5.93. The van der Waals surface area contributed by atoms with E-state index in [9.17, 15) is 0 Å². The molecule has 70 valence electrons. The van der Waals surface area contributed by atoms with Crippen molar-refractivity contribution in [1.29, 1.82) is 0 Å². The highest BCUT2D eigenvalue weighted by molar-refractivity contribution is 4.69. The van der Waals surface area contributed by atoms with Gasteiger partial charge >= 0.3 is 0 Å². The highest BCUT2D eigenvalue weighted by Gasteiger charge is 2.14. The fourth-order valence-electron chi connectivity index (χ4n) is 1.17. The van der Waals surface area contributed by atoms with Gasteiger partial charge in [0.05, 0.1) is 13.2 Å². The van der Waals surface area contributed by atoms with Gasteiger partial charge in [-0.25, -0.2) is 0 Å². The van der Waals surface area contributed by atoms with Crippen LogP contribution >= 0.6 is 0 Å². The van der Waals surface area contributed by atoms with Crippen LogP contribution in [0.4, 0.5) is 0 Å². The Kier molecular flexibility index (Phi) is 4.99. The van der Waals surface area contributed by atoms with E-state index in [1.807, 2.05) is 6.08 Å². The Hall–Kier alpha value is -0.380.